The number of benzene rings is 3. The van der Waals surface area contributed by atoms with Gasteiger partial charge in [0.2, 0.25) is 0 Å². The van der Waals surface area contributed by atoms with Gasteiger partial charge in [-0.15, -0.1) is 0 Å². The molecule has 0 spiro atoms. The lowest BCUT2D eigenvalue weighted by Gasteiger charge is -2.08. The zero-order valence-corrected chi connectivity index (χ0v) is 14.5. The van der Waals surface area contributed by atoms with Crippen LogP contribution in [0.3, 0.4) is 0 Å². The van der Waals surface area contributed by atoms with Gasteiger partial charge in [0.15, 0.2) is 0 Å². The highest BCUT2D eigenvalue weighted by Crippen LogP contribution is 2.40. The number of halogens is 1. The summed E-state index contributed by atoms with van der Waals surface area (Å²) in [4.78, 5) is 5.01. The van der Waals surface area contributed by atoms with Crippen molar-refractivity contribution in [2.75, 3.05) is 0 Å². The van der Waals surface area contributed by atoms with Crippen LogP contribution in [0.25, 0.3) is 33.3 Å². The molecule has 0 fully saturated rings. The summed E-state index contributed by atoms with van der Waals surface area (Å²) < 4.78 is 1.09. The Hall–Kier alpha value is -2.45. The van der Waals surface area contributed by atoms with Gasteiger partial charge in [0.25, 0.3) is 0 Å². The second kappa shape index (κ2) is 5.29. The first kappa shape index (κ1) is 13.9. The number of pyridine rings is 1. The van der Waals surface area contributed by atoms with Crippen molar-refractivity contribution in [2.24, 2.45) is 0 Å². The van der Waals surface area contributed by atoms with Crippen LogP contribution in [-0.4, -0.2) is 4.98 Å². The molecule has 0 atom stereocenters. The van der Waals surface area contributed by atoms with Crippen LogP contribution in [0, 0.1) is 0 Å². The molecular formula is C22H14BrN. The van der Waals surface area contributed by atoms with E-state index in [-0.39, 0.29) is 0 Å². The molecule has 0 amide bonds. The molecule has 1 aromatic heterocycles. The van der Waals surface area contributed by atoms with Gasteiger partial charge in [-0.25, -0.2) is 4.98 Å². The van der Waals surface area contributed by atoms with E-state index in [0.29, 0.717) is 0 Å². The van der Waals surface area contributed by atoms with Crippen LogP contribution in [0.15, 0.2) is 77.3 Å². The number of hydrogen-bond acceptors (Lipinski definition) is 1. The standard InChI is InChI=1S/C22H14BrN/c23-17-9-5-14(6-10-17)21-12-8-15-7-11-19-18-4-2-1-3-16(18)13-20(19)22(15)24-21/h1-12H,13H2. The van der Waals surface area contributed by atoms with E-state index >= 15 is 0 Å². The lowest BCUT2D eigenvalue weighted by molar-refractivity contribution is 1.26. The van der Waals surface area contributed by atoms with Crippen molar-refractivity contribution < 1.29 is 0 Å². The molecule has 24 heavy (non-hydrogen) atoms. The van der Waals surface area contributed by atoms with Crippen LogP contribution in [-0.2, 0) is 6.42 Å². The average molecular weight is 372 g/mol. The minimum atomic E-state index is 0.972. The summed E-state index contributed by atoms with van der Waals surface area (Å²) in [6.45, 7) is 0. The number of nitrogens with zero attached hydrogens (tertiary/aromatic N) is 1. The molecule has 1 heterocycles. The smallest absolute Gasteiger partial charge is 0.0751 e. The first-order valence-corrected chi connectivity index (χ1v) is 8.86. The highest BCUT2D eigenvalue weighted by atomic mass is 79.9. The second-order valence-electron chi connectivity index (χ2n) is 6.20. The minimum Gasteiger partial charge on any atom is -0.247 e. The van der Waals surface area contributed by atoms with E-state index in [4.69, 9.17) is 4.98 Å². The monoisotopic (exact) mass is 371 g/mol. The van der Waals surface area contributed by atoms with E-state index < -0.39 is 0 Å². The predicted octanol–water partition coefficient (Wildman–Crippen LogP) is 6.24. The largest absolute Gasteiger partial charge is 0.247 e. The SMILES string of the molecule is Brc1ccc(-c2ccc3ccc4c(c3n2)Cc2ccccc2-4)cc1. The van der Waals surface area contributed by atoms with Gasteiger partial charge in [-0.2, -0.15) is 0 Å². The highest BCUT2D eigenvalue weighted by molar-refractivity contribution is 9.10. The van der Waals surface area contributed by atoms with Gasteiger partial charge in [-0.1, -0.05) is 70.5 Å². The van der Waals surface area contributed by atoms with Gasteiger partial charge in [0.05, 0.1) is 11.2 Å². The molecule has 0 unspecified atom stereocenters. The van der Waals surface area contributed by atoms with Gasteiger partial charge in [0.1, 0.15) is 0 Å². The van der Waals surface area contributed by atoms with E-state index in [0.717, 1.165) is 27.7 Å². The first-order chi connectivity index (χ1) is 11.8. The fourth-order valence-electron chi connectivity index (χ4n) is 3.59. The molecule has 0 saturated heterocycles. The molecule has 0 N–H and O–H groups in total. The Kier molecular flexibility index (Phi) is 3.07. The normalized spacial score (nSPS) is 12.2. The maximum atomic E-state index is 5.01. The quantitative estimate of drug-likeness (QED) is 0.340. The molecule has 0 radical (unpaired) electrons. The van der Waals surface area contributed by atoms with Gasteiger partial charge in [0, 0.05) is 21.8 Å². The van der Waals surface area contributed by atoms with Crippen LogP contribution in [0.2, 0.25) is 0 Å². The maximum absolute atomic E-state index is 5.01. The second-order valence-corrected chi connectivity index (χ2v) is 7.12. The van der Waals surface area contributed by atoms with Crippen LogP contribution >= 0.6 is 15.9 Å². The lowest BCUT2D eigenvalue weighted by Crippen LogP contribution is -1.90. The summed E-state index contributed by atoms with van der Waals surface area (Å²) in [5, 5.41) is 1.21. The molecule has 1 aliphatic carbocycles. The topological polar surface area (TPSA) is 12.9 Å². The minimum absolute atomic E-state index is 0.972. The lowest BCUT2D eigenvalue weighted by atomic mass is 10.0. The molecule has 4 aromatic rings. The Morgan fingerprint density at radius 1 is 0.750 bits per heavy atom. The molecule has 5 rings (SSSR count). The van der Waals surface area contributed by atoms with Gasteiger partial charge in [-0.05, 0) is 40.5 Å². The van der Waals surface area contributed by atoms with Crippen molar-refractivity contribution in [2.45, 2.75) is 6.42 Å². The third kappa shape index (κ3) is 2.10. The van der Waals surface area contributed by atoms with Crippen LogP contribution in [0.5, 0.6) is 0 Å². The Labute approximate surface area is 149 Å². The third-order valence-electron chi connectivity index (χ3n) is 4.78. The highest BCUT2D eigenvalue weighted by Gasteiger charge is 2.20. The zero-order chi connectivity index (χ0) is 16.1. The van der Waals surface area contributed by atoms with Crippen molar-refractivity contribution in [1.29, 1.82) is 0 Å². The summed E-state index contributed by atoms with van der Waals surface area (Å²) in [6, 6.07) is 25.7. The average Bonchev–Trinajstić information content (AvgIpc) is 3.01. The molecule has 2 heteroatoms. The maximum Gasteiger partial charge on any atom is 0.0751 e. The van der Waals surface area contributed by atoms with E-state index in [9.17, 15) is 0 Å². The van der Waals surface area contributed by atoms with Crippen molar-refractivity contribution in [3.8, 4) is 22.4 Å². The van der Waals surface area contributed by atoms with E-state index in [1.165, 1.54) is 27.6 Å². The van der Waals surface area contributed by atoms with Gasteiger partial charge >= 0.3 is 0 Å². The van der Waals surface area contributed by atoms with Crippen LogP contribution in [0.4, 0.5) is 0 Å². The Bertz CT molecular complexity index is 1080. The molecule has 0 aliphatic heterocycles. The van der Waals surface area contributed by atoms with E-state index in [1.807, 2.05) is 0 Å². The molecule has 1 nitrogen and oxygen atoms in total. The summed E-state index contributed by atoms with van der Waals surface area (Å²) >= 11 is 3.49. The first-order valence-electron chi connectivity index (χ1n) is 8.06. The number of rotatable bonds is 1. The van der Waals surface area contributed by atoms with E-state index in [2.05, 4.69) is 88.7 Å². The van der Waals surface area contributed by atoms with Gasteiger partial charge < -0.3 is 0 Å². The van der Waals surface area contributed by atoms with Crippen LogP contribution < -0.4 is 0 Å². The van der Waals surface area contributed by atoms with Crippen LogP contribution in [0.1, 0.15) is 11.1 Å². The Morgan fingerprint density at radius 2 is 1.54 bits per heavy atom. The molecule has 0 bridgehead atoms. The Balaban J connectivity index is 1.73. The summed E-state index contributed by atoms with van der Waals surface area (Å²) in [5.41, 5.74) is 8.74. The van der Waals surface area contributed by atoms with Crippen molar-refractivity contribution >= 4 is 26.8 Å². The predicted molar refractivity (Wildman–Crippen MR) is 103 cm³/mol. The number of aromatic nitrogens is 1. The number of hydrogen-bond donors (Lipinski definition) is 0. The molecular weight excluding hydrogens is 358 g/mol. The number of fused-ring (bicyclic) bond motifs is 5. The van der Waals surface area contributed by atoms with E-state index in [1.54, 1.807) is 0 Å². The molecule has 1 aliphatic rings. The summed E-state index contributed by atoms with van der Waals surface area (Å²) in [6.07, 6.45) is 0.972. The van der Waals surface area contributed by atoms with Gasteiger partial charge in [-0.3, -0.25) is 0 Å². The molecule has 114 valence electrons. The van der Waals surface area contributed by atoms with Crippen molar-refractivity contribution in [3.05, 3.63) is 88.4 Å². The van der Waals surface area contributed by atoms with Crippen molar-refractivity contribution in [3.63, 3.8) is 0 Å². The Morgan fingerprint density at radius 3 is 2.42 bits per heavy atom. The van der Waals surface area contributed by atoms with Crippen molar-refractivity contribution in [1.82, 2.24) is 4.98 Å². The zero-order valence-electron chi connectivity index (χ0n) is 13.0. The summed E-state index contributed by atoms with van der Waals surface area (Å²) in [7, 11) is 0. The fraction of sp³-hybridized carbons (Fsp3) is 0.0455. The fourth-order valence-corrected chi connectivity index (χ4v) is 3.85. The summed E-state index contributed by atoms with van der Waals surface area (Å²) in [5.74, 6) is 0. The molecule has 3 aromatic carbocycles. The molecule has 0 saturated carbocycles. The third-order valence-corrected chi connectivity index (χ3v) is 5.31.